The highest BCUT2D eigenvalue weighted by Crippen LogP contribution is 2.20. The van der Waals surface area contributed by atoms with Gasteiger partial charge in [-0.3, -0.25) is 24.2 Å². The summed E-state index contributed by atoms with van der Waals surface area (Å²) in [5.74, 6) is -3.76. The van der Waals surface area contributed by atoms with Crippen LogP contribution in [0, 0.1) is 0 Å². The summed E-state index contributed by atoms with van der Waals surface area (Å²) in [6, 6.07) is -3.79. The molecule has 0 saturated carbocycles. The summed E-state index contributed by atoms with van der Waals surface area (Å²) >= 11 is 0. The Morgan fingerprint density at radius 1 is 1.03 bits per heavy atom. The maximum absolute atomic E-state index is 13.2. The second-order valence-corrected chi connectivity index (χ2v) is 8.42. The summed E-state index contributed by atoms with van der Waals surface area (Å²) in [6.45, 7) is 1.12. The van der Waals surface area contributed by atoms with Crippen molar-refractivity contribution in [3.8, 4) is 0 Å². The summed E-state index contributed by atoms with van der Waals surface area (Å²) in [6.07, 6.45) is 2.25. The van der Waals surface area contributed by atoms with Crippen molar-refractivity contribution in [2.24, 2.45) is 22.2 Å². The van der Waals surface area contributed by atoms with Crippen molar-refractivity contribution in [2.45, 2.75) is 69.1 Å². The number of likely N-dealkylation sites (tertiary alicyclic amines) is 1. The number of primary amides is 1. The molecule has 0 aromatic rings. The van der Waals surface area contributed by atoms with Crippen LogP contribution in [0.15, 0.2) is 4.99 Å². The molecule has 10 N–H and O–H groups in total. The van der Waals surface area contributed by atoms with Gasteiger partial charge in [0.2, 0.25) is 23.6 Å². The number of guanidine groups is 1. The minimum atomic E-state index is -1.23. The first-order chi connectivity index (χ1) is 16.1. The van der Waals surface area contributed by atoms with Gasteiger partial charge in [0.1, 0.15) is 18.1 Å². The number of rotatable bonds is 12. The zero-order valence-electron chi connectivity index (χ0n) is 19.0. The molecule has 2 rings (SSSR count). The van der Waals surface area contributed by atoms with Gasteiger partial charge in [0.05, 0.1) is 12.5 Å². The normalized spacial score (nSPS) is 21.4. The first kappa shape index (κ1) is 26.8. The lowest BCUT2D eigenvalue weighted by Crippen LogP contribution is -2.57. The van der Waals surface area contributed by atoms with E-state index in [9.17, 15) is 29.1 Å². The number of nitrogens with two attached hydrogens (primary N) is 3. The highest BCUT2D eigenvalue weighted by molar-refractivity contribution is 5.96. The summed E-state index contributed by atoms with van der Waals surface area (Å²) in [7, 11) is 0. The molecule has 4 amide bonds. The van der Waals surface area contributed by atoms with Crippen LogP contribution in [0.1, 0.15) is 44.9 Å². The summed E-state index contributed by atoms with van der Waals surface area (Å²) in [5, 5.41) is 17.5. The molecule has 2 aliphatic heterocycles. The third-order valence-corrected chi connectivity index (χ3v) is 5.80. The van der Waals surface area contributed by atoms with Crippen molar-refractivity contribution in [2.75, 3.05) is 19.6 Å². The third kappa shape index (κ3) is 7.86. The Balaban J connectivity index is 2.04. The molecule has 14 heteroatoms. The number of carbonyl (C=O) groups is 5. The van der Waals surface area contributed by atoms with Crippen molar-refractivity contribution in [1.29, 1.82) is 0 Å². The molecule has 4 atom stereocenters. The Bertz CT molecular complexity index is 809. The van der Waals surface area contributed by atoms with Gasteiger partial charge in [-0.25, -0.2) is 4.79 Å². The molecule has 0 radical (unpaired) electrons. The quantitative estimate of drug-likeness (QED) is 0.0837. The second kappa shape index (κ2) is 12.7. The number of nitrogens with zero attached hydrogens (tertiary/aromatic N) is 2. The monoisotopic (exact) mass is 482 g/mol. The van der Waals surface area contributed by atoms with E-state index < -0.39 is 60.2 Å². The number of hydrogen-bond acceptors (Lipinski definition) is 7. The molecule has 0 aromatic carbocycles. The number of carboxylic acid groups (broad SMARTS) is 1. The number of nitrogens with one attached hydrogen (secondary N) is 3. The molecule has 0 bridgehead atoms. The largest absolute Gasteiger partial charge is 0.480 e. The maximum atomic E-state index is 13.2. The molecule has 4 unspecified atom stereocenters. The first-order valence-corrected chi connectivity index (χ1v) is 11.3. The maximum Gasteiger partial charge on any atom is 0.326 e. The lowest BCUT2D eigenvalue weighted by molar-refractivity contribution is -0.145. The van der Waals surface area contributed by atoms with Crippen LogP contribution in [0.5, 0.6) is 0 Å². The standard InChI is InChI=1S/C20H34N8O6/c21-15(29)10-13(27-16(30)11-4-1-7-24-11)18(32)28-9-3-6-14(28)17(31)26-12(19(33)34)5-2-8-25-20(22)23/h11-14,24H,1-10H2,(H2,21,29)(H,26,31)(H,27,30)(H,33,34)(H4,22,23,25). The summed E-state index contributed by atoms with van der Waals surface area (Å²) in [4.78, 5) is 66.7. The highest BCUT2D eigenvalue weighted by atomic mass is 16.4. The van der Waals surface area contributed by atoms with E-state index in [2.05, 4.69) is 20.9 Å². The van der Waals surface area contributed by atoms with Gasteiger partial charge in [-0.1, -0.05) is 0 Å². The predicted molar refractivity (Wildman–Crippen MR) is 121 cm³/mol. The highest BCUT2D eigenvalue weighted by Gasteiger charge is 2.39. The molecule has 190 valence electrons. The van der Waals surface area contributed by atoms with Crippen LogP contribution in [-0.4, -0.2) is 89.4 Å². The number of hydrogen-bond donors (Lipinski definition) is 7. The van der Waals surface area contributed by atoms with E-state index in [1.165, 1.54) is 4.90 Å². The van der Waals surface area contributed by atoms with Gasteiger partial charge in [0.25, 0.3) is 0 Å². The van der Waals surface area contributed by atoms with Gasteiger partial charge in [-0.2, -0.15) is 0 Å². The average molecular weight is 483 g/mol. The number of aliphatic carboxylic acids is 1. The zero-order valence-corrected chi connectivity index (χ0v) is 19.0. The first-order valence-electron chi connectivity index (χ1n) is 11.3. The molecule has 2 saturated heterocycles. The number of aliphatic imine (C=N–C) groups is 1. The third-order valence-electron chi connectivity index (χ3n) is 5.80. The Hall–Kier alpha value is -3.42. The van der Waals surface area contributed by atoms with Gasteiger partial charge >= 0.3 is 5.97 Å². The Morgan fingerprint density at radius 2 is 1.74 bits per heavy atom. The topological polar surface area (TPSA) is 235 Å². The Labute approximate surface area is 197 Å². The smallest absolute Gasteiger partial charge is 0.326 e. The van der Waals surface area contributed by atoms with Gasteiger partial charge < -0.3 is 43.2 Å². The van der Waals surface area contributed by atoms with Crippen LogP contribution in [0.4, 0.5) is 0 Å². The van der Waals surface area contributed by atoms with Gasteiger partial charge in [0, 0.05) is 13.1 Å². The molecule has 14 nitrogen and oxygen atoms in total. The van der Waals surface area contributed by atoms with Crippen molar-refractivity contribution in [3.63, 3.8) is 0 Å². The summed E-state index contributed by atoms with van der Waals surface area (Å²) in [5.41, 5.74) is 15.8. The minimum Gasteiger partial charge on any atom is -0.480 e. The molecule has 2 fully saturated rings. The number of carbonyl (C=O) groups excluding carboxylic acids is 4. The molecular weight excluding hydrogens is 448 g/mol. The zero-order chi connectivity index (χ0) is 25.3. The summed E-state index contributed by atoms with van der Waals surface area (Å²) < 4.78 is 0. The molecular formula is C20H34N8O6. The minimum absolute atomic E-state index is 0.0905. The van der Waals surface area contributed by atoms with E-state index >= 15 is 0 Å². The Kier molecular flexibility index (Phi) is 10.0. The molecule has 2 aliphatic rings. The predicted octanol–water partition coefficient (Wildman–Crippen LogP) is -3.29. The van der Waals surface area contributed by atoms with Crippen LogP contribution in [0.3, 0.4) is 0 Å². The van der Waals surface area contributed by atoms with Crippen molar-refractivity contribution in [3.05, 3.63) is 0 Å². The van der Waals surface area contributed by atoms with Crippen LogP contribution in [-0.2, 0) is 24.0 Å². The molecule has 2 heterocycles. The second-order valence-electron chi connectivity index (χ2n) is 8.42. The number of carboxylic acids is 1. The van der Waals surface area contributed by atoms with Crippen molar-refractivity contribution in [1.82, 2.24) is 20.9 Å². The molecule has 34 heavy (non-hydrogen) atoms. The fraction of sp³-hybridized carbons (Fsp3) is 0.700. The van der Waals surface area contributed by atoms with Crippen LogP contribution in [0.2, 0.25) is 0 Å². The molecule has 0 spiro atoms. The van der Waals surface area contributed by atoms with Crippen molar-refractivity contribution >= 4 is 35.6 Å². The van der Waals surface area contributed by atoms with E-state index in [-0.39, 0.29) is 25.5 Å². The van der Waals surface area contributed by atoms with E-state index in [0.717, 1.165) is 6.42 Å². The fourth-order valence-corrected chi connectivity index (χ4v) is 4.11. The molecule has 0 aromatic heterocycles. The fourth-order valence-electron chi connectivity index (χ4n) is 4.11. The van der Waals surface area contributed by atoms with Crippen molar-refractivity contribution < 1.29 is 29.1 Å². The lowest BCUT2D eigenvalue weighted by atomic mass is 10.1. The lowest BCUT2D eigenvalue weighted by Gasteiger charge is -2.29. The van der Waals surface area contributed by atoms with Gasteiger partial charge in [-0.15, -0.1) is 0 Å². The average Bonchev–Trinajstić information content (AvgIpc) is 3.46. The van der Waals surface area contributed by atoms with Crippen LogP contribution < -0.4 is 33.2 Å². The Morgan fingerprint density at radius 3 is 2.32 bits per heavy atom. The van der Waals surface area contributed by atoms with Gasteiger partial charge in [-0.05, 0) is 45.1 Å². The SMILES string of the molecule is NC(=O)CC(NC(=O)C1CCCN1)C(=O)N1CCCC1C(=O)NC(CCCN=C(N)N)C(=O)O. The van der Waals surface area contributed by atoms with E-state index in [4.69, 9.17) is 17.2 Å². The van der Waals surface area contributed by atoms with E-state index in [1.807, 2.05) is 0 Å². The van der Waals surface area contributed by atoms with Gasteiger partial charge in [0.15, 0.2) is 5.96 Å². The van der Waals surface area contributed by atoms with Crippen LogP contribution in [0.25, 0.3) is 0 Å². The van der Waals surface area contributed by atoms with Crippen LogP contribution >= 0.6 is 0 Å². The number of amides is 4. The van der Waals surface area contributed by atoms with E-state index in [1.54, 1.807) is 0 Å². The van der Waals surface area contributed by atoms with E-state index in [0.29, 0.717) is 32.2 Å². The molecule has 0 aliphatic carbocycles.